The number of carboxylic acids is 1. The lowest BCUT2D eigenvalue weighted by Crippen LogP contribution is -2.66. The van der Waals surface area contributed by atoms with Crippen LogP contribution in [0.5, 0.6) is 0 Å². The zero-order valence-corrected chi connectivity index (χ0v) is 18.9. The molecule has 2 atom stereocenters. The van der Waals surface area contributed by atoms with Crippen LogP contribution >= 0.6 is 0 Å². The topological polar surface area (TPSA) is 105 Å². The minimum Gasteiger partial charge on any atom is -0.480 e. The molecule has 0 spiro atoms. The molecule has 1 fully saturated rings. The zero-order valence-electron chi connectivity index (χ0n) is 18.9. The fraction of sp³-hybridized carbons (Fsp3) is 0.400. The van der Waals surface area contributed by atoms with Gasteiger partial charge in [-0.25, -0.2) is 9.59 Å². The number of benzene rings is 2. The third-order valence-electron chi connectivity index (χ3n) is 6.59. The standard InChI is InChI=1S/C25H25F3N2O5/c1-24(25(26,27)28,22(33)29-20(21(31)32)12-14-10-11-14)30-23(34)35-13-19-17-8-4-2-6-15(17)16-7-3-5-9-18(16)19/h2-9,14,19-20H,10-13H2,1H3,(H,29,33)(H,30,34)(H,31,32). The highest BCUT2D eigenvalue weighted by Crippen LogP contribution is 2.44. The number of halogens is 3. The molecule has 2 amide bonds. The highest BCUT2D eigenvalue weighted by molar-refractivity contribution is 5.93. The summed E-state index contributed by atoms with van der Waals surface area (Å²) in [7, 11) is 0. The van der Waals surface area contributed by atoms with Crippen molar-refractivity contribution in [2.24, 2.45) is 5.92 Å². The number of rotatable bonds is 8. The number of fused-ring (bicyclic) bond motifs is 3. The number of hydrogen-bond acceptors (Lipinski definition) is 4. The van der Waals surface area contributed by atoms with Gasteiger partial charge < -0.3 is 15.2 Å². The Balaban J connectivity index is 1.46. The molecule has 2 aromatic rings. The van der Waals surface area contributed by atoms with Gasteiger partial charge in [0.1, 0.15) is 12.6 Å². The van der Waals surface area contributed by atoms with Crippen molar-refractivity contribution in [1.29, 1.82) is 0 Å². The molecule has 4 rings (SSSR count). The molecule has 186 valence electrons. The van der Waals surface area contributed by atoms with Crippen LogP contribution < -0.4 is 10.6 Å². The lowest BCUT2D eigenvalue weighted by atomic mass is 9.98. The summed E-state index contributed by atoms with van der Waals surface area (Å²) in [6, 6.07) is 13.5. The van der Waals surface area contributed by atoms with Crippen molar-refractivity contribution in [1.82, 2.24) is 10.6 Å². The second-order valence-electron chi connectivity index (χ2n) is 9.12. The van der Waals surface area contributed by atoms with Gasteiger partial charge in [0.05, 0.1) is 0 Å². The van der Waals surface area contributed by atoms with E-state index in [1.807, 2.05) is 53.8 Å². The van der Waals surface area contributed by atoms with Crippen molar-refractivity contribution in [3.8, 4) is 11.1 Å². The predicted molar refractivity (Wildman–Crippen MR) is 120 cm³/mol. The number of carbonyl (C=O) groups is 3. The Morgan fingerprint density at radius 1 is 1.03 bits per heavy atom. The van der Waals surface area contributed by atoms with Crippen molar-refractivity contribution in [2.45, 2.75) is 49.9 Å². The first-order valence-electron chi connectivity index (χ1n) is 11.2. The second kappa shape index (κ2) is 9.24. The smallest absolute Gasteiger partial charge is 0.420 e. The normalized spacial score (nSPS) is 17.5. The van der Waals surface area contributed by atoms with E-state index in [1.165, 1.54) is 0 Å². The maximum atomic E-state index is 13.9. The number of nitrogens with one attached hydrogen (secondary N) is 2. The van der Waals surface area contributed by atoms with Crippen LogP contribution in [0.2, 0.25) is 0 Å². The highest BCUT2D eigenvalue weighted by atomic mass is 19.4. The second-order valence-corrected chi connectivity index (χ2v) is 9.12. The highest BCUT2D eigenvalue weighted by Gasteiger charge is 2.59. The number of amides is 2. The Kier molecular flexibility index (Phi) is 6.48. The first-order valence-corrected chi connectivity index (χ1v) is 11.2. The van der Waals surface area contributed by atoms with Crippen LogP contribution in [0.15, 0.2) is 48.5 Å². The zero-order chi connectivity index (χ0) is 25.4. The van der Waals surface area contributed by atoms with Crippen LogP contribution in [0.3, 0.4) is 0 Å². The predicted octanol–water partition coefficient (Wildman–Crippen LogP) is 4.22. The molecule has 2 aliphatic carbocycles. The minimum atomic E-state index is -5.20. The van der Waals surface area contributed by atoms with Crippen LogP contribution in [0.4, 0.5) is 18.0 Å². The molecule has 3 N–H and O–H groups in total. The molecule has 0 heterocycles. The Hall–Kier alpha value is -3.56. The Bertz CT molecular complexity index is 1100. The van der Waals surface area contributed by atoms with Gasteiger partial charge in [-0.3, -0.25) is 10.1 Å². The van der Waals surface area contributed by atoms with E-state index in [1.54, 1.807) is 5.32 Å². The van der Waals surface area contributed by atoms with Gasteiger partial charge in [0, 0.05) is 5.92 Å². The van der Waals surface area contributed by atoms with Crippen molar-refractivity contribution < 1.29 is 37.4 Å². The van der Waals surface area contributed by atoms with E-state index >= 15 is 0 Å². The SMILES string of the molecule is CC(NC(=O)OCC1c2ccccc2-c2ccccc21)(C(=O)NC(CC1CC1)C(=O)O)C(F)(F)F. The van der Waals surface area contributed by atoms with Crippen molar-refractivity contribution in [2.75, 3.05) is 6.61 Å². The molecule has 0 aliphatic heterocycles. The molecule has 2 aliphatic rings. The van der Waals surface area contributed by atoms with Gasteiger partial charge in [0.2, 0.25) is 5.54 Å². The third kappa shape index (κ3) is 4.96. The van der Waals surface area contributed by atoms with Gasteiger partial charge in [0.25, 0.3) is 5.91 Å². The van der Waals surface area contributed by atoms with Crippen LogP contribution in [0.1, 0.15) is 43.2 Å². The number of aliphatic carboxylic acids is 1. The van der Waals surface area contributed by atoms with Gasteiger partial charge >= 0.3 is 18.2 Å². The summed E-state index contributed by atoms with van der Waals surface area (Å²) in [4.78, 5) is 36.5. The van der Waals surface area contributed by atoms with E-state index in [4.69, 9.17) is 4.74 Å². The largest absolute Gasteiger partial charge is 0.480 e. The summed E-state index contributed by atoms with van der Waals surface area (Å²) in [5.74, 6) is -3.43. The van der Waals surface area contributed by atoms with Gasteiger partial charge in [0.15, 0.2) is 0 Å². The molecule has 35 heavy (non-hydrogen) atoms. The number of carboxylic acid groups (broad SMARTS) is 1. The summed E-state index contributed by atoms with van der Waals surface area (Å²) in [6.07, 6.45) is -5.09. The van der Waals surface area contributed by atoms with Crippen molar-refractivity contribution in [3.63, 3.8) is 0 Å². The van der Waals surface area contributed by atoms with E-state index in [-0.39, 0.29) is 24.9 Å². The van der Waals surface area contributed by atoms with E-state index in [9.17, 15) is 32.7 Å². The number of carbonyl (C=O) groups excluding carboxylic acids is 2. The average Bonchev–Trinajstić information content (AvgIpc) is 3.57. The number of alkyl carbamates (subject to hydrolysis) is 1. The molecular weight excluding hydrogens is 465 g/mol. The first-order chi connectivity index (χ1) is 16.5. The van der Waals surface area contributed by atoms with E-state index in [0.717, 1.165) is 35.1 Å². The average molecular weight is 490 g/mol. The van der Waals surface area contributed by atoms with Crippen LogP contribution in [-0.4, -0.2) is 47.4 Å². The molecule has 2 unspecified atom stereocenters. The molecule has 10 heteroatoms. The Morgan fingerprint density at radius 2 is 1.57 bits per heavy atom. The molecule has 1 saturated carbocycles. The summed E-state index contributed by atoms with van der Waals surface area (Å²) >= 11 is 0. The minimum absolute atomic E-state index is 0.0277. The molecule has 0 saturated heterocycles. The Morgan fingerprint density at radius 3 is 2.06 bits per heavy atom. The number of alkyl halides is 3. The molecular formula is C25H25F3N2O5. The molecule has 0 radical (unpaired) electrons. The van der Waals surface area contributed by atoms with Gasteiger partial charge in [-0.2, -0.15) is 13.2 Å². The van der Waals surface area contributed by atoms with E-state index in [2.05, 4.69) is 0 Å². The third-order valence-corrected chi connectivity index (χ3v) is 6.59. The van der Waals surface area contributed by atoms with Crippen LogP contribution in [0.25, 0.3) is 11.1 Å². The van der Waals surface area contributed by atoms with Gasteiger partial charge in [-0.1, -0.05) is 61.4 Å². The fourth-order valence-corrected chi connectivity index (χ4v) is 4.31. The van der Waals surface area contributed by atoms with E-state index < -0.39 is 35.7 Å². The first kappa shape index (κ1) is 24.6. The summed E-state index contributed by atoms with van der Waals surface area (Å²) in [5.41, 5.74) is 0.274. The monoisotopic (exact) mass is 490 g/mol. The molecule has 0 bridgehead atoms. The van der Waals surface area contributed by atoms with Crippen LogP contribution in [0, 0.1) is 5.92 Å². The summed E-state index contributed by atoms with van der Waals surface area (Å²) in [5, 5.41) is 12.9. The maximum Gasteiger partial charge on any atom is 0.420 e. The van der Waals surface area contributed by atoms with Crippen molar-refractivity contribution in [3.05, 3.63) is 59.7 Å². The summed E-state index contributed by atoms with van der Waals surface area (Å²) in [6.45, 7) is 0.245. The molecule has 0 aromatic heterocycles. The number of ether oxygens (including phenoxy) is 1. The Labute approximate surface area is 199 Å². The van der Waals surface area contributed by atoms with E-state index in [0.29, 0.717) is 6.92 Å². The van der Waals surface area contributed by atoms with Gasteiger partial charge in [-0.05, 0) is 41.5 Å². The van der Waals surface area contributed by atoms with Crippen LogP contribution in [-0.2, 0) is 14.3 Å². The lowest BCUT2D eigenvalue weighted by Gasteiger charge is -2.32. The molecule has 7 nitrogen and oxygen atoms in total. The quantitative estimate of drug-likeness (QED) is 0.514. The van der Waals surface area contributed by atoms with Gasteiger partial charge in [-0.15, -0.1) is 0 Å². The maximum absolute atomic E-state index is 13.9. The van der Waals surface area contributed by atoms with Crippen molar-refractivity contribution >= 4 is 18.0 Å². The number of hydrogen-bond donors (Lipinski definition) is 3. The fourth-order valence-electron chi connectivity index (χ4n) is 4.31. The molecule has 2 aromatic carbocycles. The summed E-state index contributed by atoms with van der Waals surface area (Å²) < 4.78 is 46.9. The lowest BCUT2D eigenvalue weighted by molar-refractivity contribution is -0.195.